The molecule has 21 heavy (non-hydrogen) atoms. The number of thioether (sulfide) groups is 1. The molecule has 1 fully saturated rings. The number of nitrogens with one attached hydrogen (secondary N) is 1. The van der Waals surface area contributed by atoms with Crippen LogP contribution in [-0.4, -0.2) is 18.2 Å². The summed E-state index contributed by atoms with van der Waals surface area (Å²) in [4.78, 5) is 13.0. The molecule has 2 aromatic carbocycles. The largest absolute Gasteiger partial charge is 0.359 e. The van der Waals surface area contributed by atoms with Gasteiger partial charge in [0.25, 0.3) is 0 Å². The number of fused-ring (bicyclic) bond motifs is 1. The number of benzene rings is 2. The molecular formula is C18H21NOS. The van der Waals surface area contributed by atoms with E-state index in [2.05, 4.69) is 35.6 Å². The van der Waals surface area contributed by atoms with Gasteiger partial charge in [0.1, 0.15) is 0 Å². The lowest BCUT2D eigenvalue weighted by atomic mass is 10.0. The Balaban J connectivity index is 1.90. The van der Waals surface area contributed by atoms with E-state index in [1.807, 2.05) is 17.8 Å². The molecule has 1 N–H and O–H groups in total. The molecule has 0 bridgehead atoms. The Morgan fingerprint density at radius 2 is 2.05 bits per heavy atom. The quantitative estimate of drug-likeness (QED) is 0.918. The second-order valence-corrected chi connectivity index (χ2v) is 7.05. The summed E-state index contributed by atoms with van der Waals surface area (Å²) in [5.74, 6) is 0.0661. The average molecular weight is 299 g/mol. The van der Waals surface area contributed by atoms with Gasteiger partial charge in [-0.05, 0) is 41.3 Å². The molecule has 2 aromatic rings. The Bertz CT molecular complexity index is 647. The Morgan fingerprint density at radius 1 is 1.24 bits per heavy atom. The van der Waals surface area contributed by atoms with Gasteiger partial charge in [-0.25, -0.2) is 0 Å². The molecular weight excluding hydrogens is 278 g/mol. The van der Waals surface area contributed by atoms with Crippen LogP contribution in [0.3, 0.4) is 0 Å². The molecule has 3 heteroatoms. The van der Waals surface area contributed by atoms with Gasteiger partial charge in [0.2, 0.25) is 5.91 Å². The maximum absolute atomic E-state index is 11.7. The molecule has 0 radical (unpaired) electrons. The van der Waals surface area contributed by atoms with Gasteiger partial charge >= 0.3 is 0 Å². The Labute approximate surface area is 130 Å². The Kier molecular flexibility index (Phi) is 4.49. The molecule has 1 aliphatic carbocycles. The molecule has 110 valence electrons. The van der Waals surface area contributed by atoms with Gasteiger partial charge in [0.15, 0.2) is 0 Å². The van der Waals surface area contributed by atoms with E-state index in [1.165, 1.54) is 41.4 Å². The van der Waals surface area contributed by atoms with Gasteiger partial charge in [-0.2, -0.15) is 0 Å². The number of carbonyl (C=O) groups excluding carboxylic acids is 1. The van der Waals surface area contributed by atoms with Crippen LogP contribution < -0.4 is 5.32 Å². The molecule has 1 saturated carbocycles. The third kappa shape index (κ3) is 3.41. The molecule has 1 aliphatic rings. The smallest absolute Gasteiger partial charge is 0.224 e. The van der Waals surface area contributed by atoms with Crippen LogP contribution in [0.5, 0.6) is 0 Å². The minimum Gasteiger partial charge on any atom is -0.359 e. The summed E-state index contributed by atoms with van der Waals surface area (Å²) in [6, 6.07) is 12.9. The van der Waals surface area contributed by atoms with Crippen molar-refractivity contribution in [3.05, 3.63) is 42.0 Å². The van der Waals surface area contributed by atoms with Gasteiger partial charge in [-0.1, -0.05) is 37.1 Å². The lowest BCUT2D eigenvalue weighted by Gasteiger charge is -2.11. The molecule has 0 atom stereocenters. The first-order chi connectivity index (χ1) is 10.3. The zero-order chi connectivity index (χ0) is 14.7. The van der Waals surface area contributed by atoms with Crippen LogP contribution in [0.15, 0.2) is 41.3 Å². The van der Waals surface area contributed by atoms with E-state index in [9.17, 15) is 4.79 Å². The van der Waals surface area contributed by atoms with Crippen molar-refractivity contribution >= 4 is 28.4 Å². The number of likely N-dealkylation sites (N-methyl/N-ethyl adjacent to an activating group) is 1. The topological polar surface area (TPSA) is 29.1 Å². The molecule has 0 aromatic heterocycles. The van der Waals surface area contributed by atoms with E-state index in [4.69, 9.17) is 0 Å². The lowest BCUT2D eigenvalue weighted by molar-refractivity contribution is -0.119. The maximum atomic E-state index is 11.7. The molecule has 2 nitrogen and oxygen atoms in total. The third-order valence-electron chi connectivity index (χ3n) is 4.18. The van der Waals surface area contributed by atoms with E-state index >= 15 is 0 Å². The van der Waals surface area contributed by atoms with Crippen LogP contribution >= 0.6 is 11.8 Å². The SMILES string of the molecule is CNC(=O)Cc1cccc2ccc(SC3CCCC3)cc12. The fraction of sp³-hybridized carbons (Fsp3) is 0.389. The summed E-state index contributed by atoms with van der Waals surface area (Å²) in [5, 5.41) is 5.91. The molecule has 0 heterocycles. The minimum atomic E-state index is 0.0661. The van der Waals surface area contributed by atoms with Crippen molar-refractivity contribution in [3.63, 3.8) is 0 Å². The zero-order valence-corrected chi connectivity index (χ0v) is 13.2. The van der Waals surface area contributed by atoms with Gasteiger partial charge in [0.05, 0.1) is 6.42 Å². The van der Waals surface area contributed by atoms with Crippen LogP contribution in [0, 0.1) is 0 Å². The van der Waals surface area contributed by atoms with E-state index in [-0.39, 0.29) is 5.91 Å². The first-order valence-electron chi connectivity index (χ1n) is 7.65. The number of rotatable bonds is 4. The first kappa shape index (κ1) is 14.5. The van der Waals surface area contributed by atoms with Crippen LogP contribution in [0.25, 0.3) is 10.8 Å². The fourth-order valence-electron chi connectivity index (χ4n) is 3.00. The number of hydrogen-bond donors (Lipinski definition) is 1. The summed E-state index contributed by atoms with van der Waals surface area (Å²) in [6.07, 6.45) is 5.86. The van der Waals surface area contributed by atoms with Gasteiger partial charge in [-0.15, -0.1) is 11.8 Å². The highest BCUT2D eigenvalue weighted by Gasteiger charge is 2.16. The Morgan fingerprint density at radius 3 is 2.81 bits per heavy atom. The van der Waals surface area contributed by atoms with Crippen molar-refractivity contribution in [3.8, 4) is 0 Å². The summed E-state index contributed by atoms with van der Waals surface area (Å²) in [6.45, 7) is 0. The van der Waals surface area contributed by atoms with Gasteiger partial charge in [0, 0.05) is 17.2 Å². The molecule has 0 unspecified atom stereocenters. The van der Waals surface area contributed by atoms with E-state index in [0.717, 1.165) is 10.8 Å². The fourth-order valence-corrected chi connectivity index (χ4v) is 4.29. The molecule has 0 spiro atoms. The van der Waals surface area contributed by atoms with E-state index in [1.54, 1.807) is 7.05 Å². The van der Waals surface area contributed by atoms with Crippen molar-refractivity contribution in [2.45, 2.75) is 42.2 Å². The third-order valence-corrected chi connectivity index (χ3v) is 5.51. The predicted molar refractivity (Wildman–Crippen MR) is 89.8 cm³/mol. The number of carbonyl (C=O) groups is 1. The standard InChI is InChI=1S/C18H21NOS/c1-19-18(20)11-14-6-4-5-13-9-10-16(12-17(13)14)21-15-7-2-3-8-15/h4-6,9-10,12,15H,2-3,7-8,11H2,1H3,(H,19,20). The highest BCUT2D eigenvalue weighted by Crippen LogP contribution is 2.36. The second kappa shape index (κ2) is 6.52. The highest BCUT2D eigenvalue weighted by molar-refractivity contribution is 8.00. The first-order valence-corrected chi connectivity index (χ1v) is 8.53. The summed E-state index contributed by atoms with van der Waals surface area (Å²) >= 11 is 2.00. The number of hydrogen-bond acceptors (Lipinski definition) is 2. The summed E-state index contributed by atoms with van der Waals surface area (Å²) < 4.78 is 0. The average Bonchev–Trinajstić information content (AvgIpc) is 3.00. The molecule has 1 amide bonds. The maximum Gasteiger partial charge on any atom is 0.224 e. The van der Waals surface area contributed by atoms with E-state index in [0.29, 0.717) is 6.42 Å². The Hall–Kier alpha value is -1.48. The van der Waals surface area contributed by atoms with Crippen molar-refractivity contribution in [2.24, 2.45) is 0 Å². The van der Waals surface area contributed by atoms with E-state index < -0.39 is 0 Å². The van der Waals surface area contributed by atoms with Crippen molar-refractivity contribution in [1.29, 1.82) is 0 Å². The van der Waals surface area contributed by atoms with Crippen LogP contribution in [0.4, 0.5) is 0 Å². The van der Waals surface area contributed by atoms with Crippen LogP contribution in [-0.2, 0) is 11.2 Å². The number of amides is 1. The zero-order valence-electron chi connectivity index (χ0n) is 12.4. The van der Waals surface area contributed by atoms with Crippen molar-refractivity contribution in [1.82, 2.24) is 5.32 Å². The summed E-state index contributed by atoms with van der Waals surface area (Å²) in [5.41, 5.74) is 1.11. The molecule has 0 aliphatic heterocycles. The molecule has 0 saturated heterocycles. The lowest BCUT2D eigenvalue weighted by Crippen LogP contribution is -2.20. The van der Waals surface area contributed by atoms with Crippen molar-refractivity contribution in [2.75, 3.05) is 7.05 Å². The normalized spacial score (nSPS) is 15.5. The predicted octanol–water partition coefficient (Wildman–Crippen LogP) is 4.16. The van der Waals surface area contributed by atoms with Crippen LogP contribution in [0.1, 0.15) is 31.2 Å². The van der Waals surface area contributed by atoms with Gasteiger partial charge in [-0.3, -0.25) is 4.79 Å². The summed E-state index contributed by atoms with van der Waals surface area (Å²) in [7, 11) is 1.69. The molecule has 3 rings (SSSR count). The van der Waals surface area contributed by atoms with Gasteiger partial charge < -0.3 is 5.32 Å². The van der Waals surface area contributed by atoms with Crippen LogP contribution in [0.2, 0.25) is 0 Å². The second-order valence-electron chi connectivity index (χ2n) is 5.67. The monoisotopic (exact) mass is 299 g/mol. The van der Waals surface area contributed by atoms with Crippen molar-refractivity contribution < 1.29 is 4.79 Å². The highest BCUT2D eigenvalue weighted by atomic mass is 32.2. The minimum absolute atomic E-state index is 0.0661.